The molecule has 0 atom stereocenters. The first-order chi connectivity index (χ1) is 9.17. The Morgan fingerprint density at radius 2 is 2.00 bits per heavy atom. The van der Waals surface area contributed by atoms with Crippen molar-refractivity contribution in [1.29, 1.82) is 0 Å². The Hall–Kier alpha value is -1.62. The molecule has 0 N–H and O–H groups in total. The van der Waals surface area contributed by atoms with Crippen LogP contribution in [-0.2, 0) is 5.88 Å². The molecule has 6 heteroatoms. The molecule has 2 rings (SSSR count). The number of ether oxygens (including phenoxy) is 1. The van der Waals surface area contributed by atoms with E-state index in [2.05, 4.69) is 5.10 Å². The van der Waals surface area contributed by atoms with Gasteiger partial charge in [0, 0.05) is 5.56 Å². The molecule has 0 unspecified atom stereocenters. The predicted molar refractivity (Wildman–Crippen MR) is 69.2 cm³/mol. The van der Waals surface area contributed by atoms with E-state index in [1.54, 1.807) is 24.3 Å². The van der Waals surface area contributed by atoms with Gasteiger partial charge in [-0.2, -0.15) is 5.10 Å². The van der Waals surface area contributed by atoms with E-state index in [-0.39, 0.29) is 11.6 Å². The van der Waals surface area contributed by atoms with Gasteiger partial charge in [-0.3, -0.25) is 0 Å². The van der Waals surface area contributed by atoms with E-state index in [1.807, 2.05) is 6.92 Å². The zero-order valence-electron chi connectivity index (χ0n) is 10.3. The van der Waals surface area contributed by atoms with Gasteiger partial charge in [0.25, 0.3) is 6.43 Å². The smallest absolute Gasteiger partial charge is 0.280 e. The van der Waals surface area contributed by atoms with Gasteiger partial charge in [-0.05, 0) is 31.2 Å². The van der Waals surface area contributed by atoms with Crippen LogP contribution in [0.4, 0.5) is 8.78 Å². The second-order valence-corrected chi connectivity index (χ2v) is 4.10. The van der Waals surface area contributed by atoms with Gasteiger partial charge in [-0.15, -0.1) is 11.6 Å². The number of halogens is 3. The summed E-state index contributed by atoms with van der Waals surface area (Å²) in [7, 11) is 0. The molecule has 0 amide bonds. The van der Waals surface area contributed by atoms with E-state index in [1.165, 1.54) is 10.9 Å². The SMILES string of the molecule is CCOc1ccc(-n2ncc(CCl)c2C(F)F)cc1. The van der Waals surface area contributed by atoms with Gasteiger partial charge in [0.05, 0.1) is 24.4 Å². The summed E-state index contributed by atoms with van der Waals surface area (Å²) in [4.78, 5) is 0. The van der Waals surface area contributed by atoms with Crippen LogP contribution in [0, 0.1) is 0 Å². The highest BCUT2D eigenvalue weighted by Crippen LogP contribution is 2.27. The number of hydrogen-bond acceptors (Lipinski definition) is 2. The van der Waals surface area contributed by atoms with Crippen LogP contribution in [0.5, 0.6) is 5.75 Å². The van der Waals surface area contributed by atoms with E-state index in [4.69, 9.17) is 16.3 Å². The lowest BCUT2D eigenvalue weighted by atomic mass is 10.2. The molecule has 0 saturated carbocycles. The molecule has 0 aliphatic carbocycles. The summed E-state index contributed by atoms with van der Waals surface area (Å²) in [6.45, 7) is 2.43. The van der Waals surface area contributed by atoms with E-state index in [0.717, 1.165) is 0 Å². The Morgan fingerprint density at radius 1 is 1.32 bits per heavy atom. The molecular formula is C13H13ClF2N2O. The normalized spacial score (nSPS) is 11.0. The molecule has 3 nitrogen and oxygen atoms in total. The molecule has 0 radical (unpaired) electrons. The van der Waals surface area contributed by atoms with Gasteiger partial charge in [0.1, 0.15) is 11.4 Å². The number of nitrogens with zero attached hydrogens (tertiary/aromatic N) is 2. The maximum absolute atomic E-state index is 13.0. The lowest BCUT2D eigenvalue weighted by Gasteiger charge is -2.09. The molecule has 0 bridgehead atoms. The first kappa shape index (κ1) is 13.8. The summed E-state index contributed by atoms with van der Waals surface area (Å²) >= 11 is 5.64. The first-order valence-corrected chi connectivity index (χ1v) is 6.35. The molecule has 19 heavy (non-hydrogen) atoms. The van der Waals surface area contributed by atoms with E-state index >= 15 is 0 Å². The van der Waals surface area contributed by atoms with Crippen molar-refractivity contribution < 1.29 is 13.5 Å². The zero-order valence-corrected chi connectivity index (χ0v) is 11.1. The quantitative estimate of drug-likeness (QED) is 0.778. The minimum absolute atomic E-state index is 0.0106. The molecule has 2 aromatic rings. The van der Waals surface area contributed by atoms with Crippen LogP contribution in [0.1, 0.15) is 24.6 Å². The van der Waals surface area contributed by atoms with Crippen LogP contribution >= 0.6 is 11.6 Å². The van der Waals surface area contributed by atoms with Crippen LogP contribution in [0.15, 0.2) is 30.5 Å². The fraction of sp³-hybridized carbons (Fsp3) is 0.308. The number of alkyl halides is 3. The molecule has 102 valence electrons. The maximum atomic E-state index is 13.0. The number of benzene rings is 1. The molecule has 0 saturated heterocycles. The largest absolute Gasteiger partial charge is 0.494 e. The summed E-state index contributed by atoms with van der Waals surface area (Å²) in [5.74, 6) is 0.700. The highest BCUT2D eigenvalue weighted by atomic mass is 35.5. The van der Waals surface area contributed by atoms with Crippen molar-refractivity contribution in [3.8, 4) is 11.4 Å². The average molecular weight is 287 g/mol. The highest BCUT2D eigenvalue weighted by molar-refractivity contribution is 6.17. The number of rotatable bonds is 5. The van der Waals surface area contributed by atoms with Crippen molar-refractivity contribution in [2.75, 3.05) is 6.61 Å². The Balaban J connectivity index is 2.38. The number of hydrogen-bond donors (Lipinski definition) is 0. The van der Waals surface area contributed by atoms with Crippen molar-refractivity contribution in [3.63, 3.8) is 0 Å². The summed E-state index contributed by atoms with van der Waals surface area (Å²) in [5.41, 5.74) is 0.722. The fourth-order valence-corrected chi connectivity index (χ4v) is 1.99. The lowest BCUT2D eigenvalue weighted by molar-refractivity contribution is 0.142. The van der Waals surface area contributed by atoms with Crippen molar-refractivity contribution in [2.24, 2.45) is 0 Å². The highest BCUT2D eigenvalue weighted by Gasteiger charge is 2.20. The predicted octanol–water partition coefficient (Wildman–Crippen LogP) is 3.95. The standard InChI is InChI=1S/C13H13ClF2N2O/c1-2-19-11-5-3-10(4-6-11)18-12(13(15)16)9(7-14)8-17-18/h3-6,8,13H,2,7H2,1H3. The van der Waals surface area contributed by atoms with Gasteiger partial charge in [-0.1, -0.05) is 0 Å². The molecular weight excluding hydrogens is 274 g/mol. The van der Waals surface area contributed by atoms with Crippen molar-refractivity contribution in [3.05, 3.63) is 41.7 Å². The Bertz CT molecular complexity index is 540. The van der Waals surface area contributed by atoms with Crippen LogP contribution in [0.25, 0.3) is 5.69 Å². The van der Waals surface area contributed by atoms with Crippen LogP contribution in [-0.4, -0.2) is 16.4 Å². The van der Waals surface area contributed by atoms with Crippen LogP contribution in [0.3, 0.4) is 0 Å². The summed E-state index contributed by atoms with van der Waals surface area (Å²) in [6, 6.07) is 6.80. The monoisotopic (exact) mass is 286 g/mol. The summed E-state index contributed by atoms with van der Waals surface area (Å²) < 4.78 is 32.6. The fourth-order valence-electron chi connectivity index (χ4n) is 1.78. The molecule has 1 aromatic heterocycles. The van der Waals surface area contributed by atoms with Crippen molar-refractivity contribution in [1.82, 2.24) is 9.78 Å². The third-order valence-corrected chi connectivity index (χ3v) is 2.92. The molecule has 0 aliphatic heterocycles. The lowest BCUT2D eigenvalue weighted by Crippen LogP contribution is -2.04. The van der Waals surface area contributed by atoms with Gasteiger partial charge >= 0.3 is 0 Å². The third kappa shape index (κ3) is 2.87. The van der Waals surface area contributed by atoms with E-state index in [9.17, 15) is 8.78 Å². The third-order valence-electron chi connectivity index (χ3n) is 2.63. The summed E-state index contributed by atoms with van der Waals surface area (Å²) in [5, 5.41) is 3.97. The molecule has 0 aliphatic rings. The van der Waals surface area contributed by atoms with Gasteiger partial charge < -0.3 is 4.74 Å². The molecule has 1 heterocycles. The Labute approximate surface area is 114 Å². The Kier molecular flexibility index (Phi) is 4.37. The van der Waals surface area contributed by atoms with E-state index < -0.39 is 6.43 Å². The minimum atomic E-state index is -2.62. The Morgan fingerprint density at radius 3 is 2.53 bits per heavy atom. The average Bonchev–Trinajstić information content (AvgIpc) is 2.84. The van der Waals surface area contributed by atoms with Gasteiger partial charge in [-0.25, -0.2) is 13.5 Å². The van der Waals surface area contributed by atoms with Gasteiger partial charge in [0.2, 0.25) is 0 Å². The summed E-state index contributed by atoms with van der Waals surface area (Å²) in [6.07, 6.45) is -1.26. The number of aromatic nitrogens is 2. The van der Waals surface area contributed by atoms with Crippen LogP contribution < -0.4 is 4.74 Å². The molecule has 1 aromatic carbocycles. The zero-order chi connectivity index (χ0) is 13.8. The maximum Gasteiger partial charge on any atom is 0.280 e. The molecule has 0 spiro atoms. The first-order valence-electron chi connectivity index (χ1n) is 5.81. The minimum Gasteiger partial charge on any atom is -0.494 e. The van der Waals surface area contributed by atoms with Crippen LogP contribution in [0.2, 0.25) is 0 Å². The van der Waals surface area contributed by atoms with E-state index in [0.29, 0.717) is 23.6 Å². The topological polar surface area (TPSA) is 27.1 Å². The second-order valence-electron chi connectivity index (χ2n) is 3.83. The molecule has 0 fully saturated rings. The van der Waals surface area contributed by atoms with Gasteiger partial charge in [0.15, 0.2) is 0 Å². The van der Waals surface area contributed by atoms with Crippen molar-refractivity contribution >= 4 is 11.6 Å². The second kappa shape index (κ2) is 6.02. The van der Waals surface area contributed by atoms with Crippen molar-refractivity contribution in [2.45, 2.75) is 19.2 Å².